The van der Waals surface area contributed by atoms with Crippen molar-refractivity contribution in [3.05, 3.63) is 29.5 Å². The van der Waals surface area contributed by atoms with Gasteiger partial charge in [0.05, 0.1) is 12.5 Å². The standard InChI is InChI=1S/C22H26N10O3S/c23-19-26-20(27-21-25-17(28-32(19)21)15-4-2-10-35-15)31-5-1-3-14(13-31)12-29-6-8-30(9-7-29)22-24-11-16(36-22)18(33)34/h2,4,10-11,14H,1,3,5-9,12-13H2,(H,33,34)(H2,23,25,26,27,28). The van der Waals surface area contributed by atoms with Crippen molar-refractivity contribution in [2.75, 3.05) is 61.3 Å². The van der Waals surface area contributed by atoms with E-state index in [1.165, 1.54) is 22.0 Å². The van der Waals surface area contributed by atoms with E-state index in [0.29, 0.717) is 29.2 Å². The Bertz CT molecular complexity index is 1360. The number of fused-ring (bicyclic) bond motifs is 1. The summed E-state index contributed by atoms with van der Waals surface area (Å²) in [6.07, 6.45) is 5.22. The van der Waals surface area contributed by atoms with Crippen molar-refractivity contribution < 1.29 is 14.3 Å². The van der Waals surface area contributed by atoms with Crippen LogP contribution in [0.15, 0.2) is 29.0 Å². The fourth-order valence-corrected chi connectivity index (χ4v) is 5.64. The van der Waals surface area contributed by atoms with Gasteiger partial charge in [0.1, 0.15) is 4.88 Å². The Kier molecular flexibility index (Phi) is 5.89. The van der Waals surface area contributed by atoms with Crippen molar-refractivity contribution >= 4 is 40.1 Å². The molecule has 4 aromatic rings. The first-order valence-corrected chi connectivity index (χ1v) is 12.7. The van der Waals surface area contributed by atoms with Crippen LogP contribution >= 0.6 is 11.3 Å². The van der Waals surface area contributed by atoms with Gasteiger partial charge in [0.25, 0.3) is 5.78 Å². The first-order chi connectivity index (χ1) is 17.5. The van der Waals surface area contributed by atoms with Crippen molar-refractivity contribution in [1.82, 2.24) is 34.4 Å². The van der Waals surface area contributed by atoms with Crippen LogP contribution in [0.4, 0.5) is 17.0 Å². The monoisotopic (exact) mass is 510 g/mol. The van der Waals surface area contributed by atoms with Gasteiger partial charge in [-0.15, -0.1) is 5.10 Å². The smallest absolute Gasteiger partial charge is 0.347 e. The zero-order chi connectivity index (χ0) is 24.6. The highest BCUT2D eigenvalue weighted by molar-refractivity contribution is 7.17. The molecule has 188 valence electrons. The molecule has 0 amide bonds. The molecule has 1 atom stereocenters. The number of carbonyl (C=O) groups is 1. The number of carboxylic acid groups (broad SMARTS) is 1. The second kappa shape index (κ2) is 9.35. The number of piperazine rings is 1. The van der Waals surface area contributed by atoms with E-state index in [4.69, 9.17) is 15.3 Å². The summed E-state index contributed by atoms with van der Waals surface area (Å²) >= 11 is 1.23. The van der Waals surface area contributed by atoms with E-state index in [1.54, 1.807) is 18.4 Å². The minimum atomic E-state index is -0.925. The van der Waals surface area contributed by atoms with Crippen molar-refractivity contribution in [1.29, 1.82) is 0 Å². The van der Waals surface area contributed by atoms with Crippen LogP contribution in [0.2, 0.25) is 0 Å². The third-order valence-corrected chi connectivity index (χ3v) is 7.67. The van der Waals surface area contributed by atoms with Gasteiger partial charge in [0.2, 0.25) is 17.7 Å². The molecule has 1 unspecified atom stereocenters. The first kappa shape index (κ1) is 22.7. The molecule has 0 saturated carbocycles. The van der Waals surface area contributed by atoms with E-state index in [1.807, 2.05) is 0 Å². The molecular weight excluding hydrogens is 484 g/mol. The summed E-state index contributed by atoms with van der Waals surface area (Å²) in [5, 5.41) is 14.3. The number of anilines is 3. The first-order valence-electron chi connectivity index (χ1n) is 11.9. The lowest BCUT2D eigenvalue weighted by Gasteiger charge is -2.39. The number of nitrogens with two attached hydrogens (primary N) is 1. The van der Waals surface area contributed by atoms with Gasteiger partial charge in [-0.05, 0) is 30.9 Å². The number of carboxylic acids is 1. The Hall–Kier alpha value is -3.78. The maximum absolute atomic E-state index is 11.1. The molecule has 2 fully saturated rings. The van der Waals surface area contributed by atoms with Gasteiger partial charge in [-0.1, -0.05) is 11.3 Å². The Labute approximate surface area is 210 Å². The van der Waals surface area contributed by atoms with Crippen LogP contribution in [-0.4, -0.2) is 91.3 Å². The second-order valence-corrected chi connectivity index (χ2v) is 10.1. The van der Waals surface area contributed by atoms with Gasteiger partial charge in [0.15, 0.2) is 10.9 Å². The fraction of sp³-hybridized carbons (Fsp3) is 0.455. The van der Waals surface area contributed by atoms with Crippen LogP contribution in [0.25, 0.3) is 17.4 Å². The lowest BCUT2D eigenvalue weighted by atomic mass is 9.97. The summed E-state index contributed by atoms with van der Waals surface area (Å²) in [4.78, 5) is 36.2. The summed E-state index contributed by atoms with van der Waals surface area (Å²) in [5.41, 5.74) is 6.20. The van der Waals surface area contributed by atoms with Crippen LogP contribution < -0.4 is 15.5 Å². The zero-order valence-electron chi connectivity index (χ0n) is 19.5. The normalized spacial score (nSPS) is 19.3. The Balaban J connectivity index is 1.09. The molecule has 4 aromatic heterocycles. The number of thiazole rings is 1. The average Bonchev–Trinajstić information content (AvgIpc) is 3.65. The van der Waals surface area contributed by atoms with Crippen molar-refractivity contribution in [3.63, 3.8) is 0 Å². The molecule has 14 heteroatoms. The Morgan fingerprint density at radius 2 is 2.03 bits per heavy atom. The van der Waals surface area contributed by atoms with Gasteiger partial charge in [-0.2, -0.15) is 19.5 Å². The molecule has 36 heavy (non-hydrogen) atoms. The van der Waals surface area contributed by atoms with E-state index in [9.17, 15) is 4.79 Å². The van der Waals surface area contributed by atoms with Crippen LogP contribution in [0.1, 0.15) is 22.5 Å². The lowest BCUT2D eigenvalue weighted by molar-refractivity contribution is 0.0702. The largest absolute Gasteiger partial charge is 0.477 e. The molecule has 0 bridgehead atoms. The van der Waals surface area contributed by atoms with Crippen LogP contribution in [0, 0.1) is 5.92 Å². The highest BCUT2D eigenvalue weighted by Crippen LogP contribution is 2.26. The molecular formula is C22H26N10O3S. The molecule has 3 N–H and O–H groups in total. The van der Waals surface area contributed by atoms with E-state index in [-0.39, 0.29) is 10.8 Å². The van der Waals surface area contributed by atoms with E-state index < -0.39 is 5.97 Å². The third-order valence-electron chi connectivity index (χ3n) is 6.63. The number of hydrogen-bond acceptors (Lipinski definition) is 12. The Morgan fingerprint density at radius 3 is 2.78 bits per heavy atom. The predicted octanol–water partition coefficient (Wildman–Crippen LogP) is 1.55. The molecule has 2 aliphatic rings. The Morgan fingerprint density at radius 1 is 1.17 bits per heavy atom. The number of aromatic nitrogens is 6. The van der Waals surface area contributed by atoms with Crippen LogP contribution in [0.3, 0.4) is 0 Å². The molecule has 0 radical (unpaired) electrons. The molecule has 6 heterocycles. The quantitative estimate of drug-likeness (QED) is 0.386. The molecule has 6 rings (SSSR count). The maximum atomic E-state index is 11.1. The summed E-state index contributed by atoms with van der Waals surface area (Å²) in [7, 11) is 0. The number of hydrogen-bond donors (Lipinski definition) is 2. The molecule has 2 aliphatic heterocycles. The van der Waals surface area contributed by atoms with Crippen molar-refractivity contribution in [3.8, 4) is 11.6 Å². The maximum Gasteiger partial charge on any atom is 0.347 e. The van der Waals surface area contributed by atoms with Crippen LogP contribution in [0.5, 0.6) is 0 Å². The molecule has 0 spiro atoms. The minimum absolute atomic E-state index is 0.242. The number of nitrogens with zero attached hydrogens (tertiary/aromatic N) is 9. The summed E-state index contributed by atoms with van der Waals surface area (Å²) in [5.74, 6) is 1.75. The molecule has 0 aromatic carbocycles. The number of aromatic carboxylic acids is 1. The molecule has 0 aliphatic carbocycles. The van der Waals surface area contributed by atoms with Crippen molar-refractivity contribution in [2.24, 2.45) is 5.92 Å². The van der Waals surface area contributed by atoms with E-state index in [0.717, 1.165) is 63.8 Å². The van der Waals surface area contributed by atoms with E-state index in [2.05, 4.69) is 39.7 Å². The van der Waals surface area contributed by atoms with Gasteiger partial charge >= 0.3 is 5.97 Å². The van der Waals surface area contributed by atoms with Crippen molar-refractivity contribution in [2.45, 2.75) is 12.8 Å². The van der Waals surface area contributed by atoms with Gasteiger partial charge in [0, 0.05) is 45.8 Å². The topological polar surface area (TPSA) is 155 Å². The molecule has 2 saturated heterocycles. The summed E-state index contributed by atoms with van der Waals surface area (Å²) in [6.45, 7) is 6.23. The SMILES string of the molecule is Nc1nc(N2CCCC(CN3CCN(c4ncc(C(=O)O)s4)CC3)C2)nc2nc(-c3ccco3)nn12. The minimum Gasteiger partial charge on any atom is -0.477 e. The van der Waals surface area contributed by atoms with Crippen LogP contribution in [-0.2, 0) is 0 Å². The second-order valence-electron chi connectivity index (χ2n) is 9.06. The predicted molar refractivity (Wildman–Crippen MR) is 133 cm³/mol. The van der Waals surface area contributed by atoms with Gasteiger partial charge in [-0.25, -0.2) is 9.78 Å². The fourth-order valence-electron chi connectivity index (χ4n) is 4.84. The highest BCUT2D eigenvalue weighted by Gasteiger charge is 2.27. The van der Waals surface area contributed by atoms with E-state index >= 15 is 0 Å². The average molecular weight is 511 g/mol. The number of piperidine rings is 1. The number of rotatable bonds is 6. The summed E-state index contributed by atoms with van der Waals surface area (Å²) < 4.78 is 6.83. The third kappa shape index (κ3) is 4.44. The zero-order valence-corrected chi connectivity index (χ0v) is 20.3. The molecule has 13 nitrogen and oxygen atoms in total. The lowest BCUT2D eigenvalue weighted by Crippen LogP contribution is -2.49. The number of nitrogen functional groups attached to an aromatic ring is 1. The number of furan rings is 1. The van der Waals surface area contributed by atoms with Gasteiger partial charge in [-0.3, -0.25) is 4.90 Å². The summed E-state index contributed by atoms with van der Waals surface area (Å²) in [6, 6.07) is 3.57. The highest BCUT2D eigenvalue weighted by atomic mass is 32.1. The van der Waals surface area contributed by atoms with Gasteiger partial charge < -0.3 is 25.1 Å².